The van der Waals surface area contributed by atoms with Crippen LogP contribution in [0, 0.1) is 5.82 Å². The van der Waals surface area contributed by atoms with Crippen molar-refractivity contribution in [2.45, 2.75) is 11.4 Å². The summed E-state index contributed by atoms with van der Waals surface area (Å²) < 4.78 is 26.5. The van der Waals surface area contributed by atoms with Gasteiger partial charge in [0.25, 0.3) is 0 Å². The van der Waals surface area contributed by atoms with Gasteiger partial charge in [-0.1, -0.05) is 6.07 Å². The van der Waals surface area contributed by atoms with Gasteiger partial charge in [0.05, 0.1) is 14.2 Å². The minimum atomic E-state index is -0.365. The molecule has 1 aliphatic heterocycles. The van der Waals surface area contributed by atoms with Gasteiger partial charge in [-0.05, 0) is 78.2 Å². The number of benzene rings is 3. The Morgan fingerprint density at radius 2 is 1.60 bits per heavy atom. The van der Waals surface area contributed by atoms with Crippen molar-refractivity contribution in [1.29, 1.82) is 0 Å². The second-order valence-electron chi connectivity index (χ2n) is 8.11. The number of amides is 2. The summed E-state index contributed by atoms with van der Waals surface area (Å²) in [6.45, 7) is 4.69. The van der Waals surface area contributed by atoms with Crippen molar-refractivity contribution in [2.24, 2.45) is 0 Å². The van der Waals surface area contributed by atoms with E-state index in [4.69, 9.17) is 9.47 Å². The van der Waals surface area contributed by atoms with E-state index in [1.165, 1.54) is 41.8 Å². The maximum Gasteiger partial charge on any atom is 0.329 e. The number of ether oxygens (including phenoxy) is 2. The molecule has 184 valence electrons. The fourth-order valence-electron chi connectivity index (χ4n) is 3.92. The lowest BCUT2D eigenvalue weighted by Gasteiger charge is -2.36. The van der Waals surface area contributed by atoms with Gasteiger partial charge in [0.15, 0.2) is 11.5 Å². The van der Waals surface area contributed by atoms with Gasteiger partial charge in [-0.2, -0.15) is 0 Å². The highest BCUT2D eigenvalue weighted by Crippen LogP contribution is 2.28. The summed E-state index contributed by atoms with van der Waals surface area (Å²) in [5, 5.41) is 2.67. The highest BCUT2D eigenvalue weighted by molar-refractivity contribution is 7.98. The Morgan fingerprint density at radius 3 is 2.26 bits per heavy atom. The highest BCUT2D eigenvalue weighted by atomic mass is 32.2. The number of halogens is 1. The van der Waals surface area contributed by atoms with Gasteiger partial charge in [-0.3, -0.25) is 9.62 Å². The molecule has 1 fully saturated rings. The first kappa shape index (κ1) is 24.7. The molecule has 0 aliphatic carbocycles. The molecule has 7 nitrogen and oxygen atoms in total. The summed E-state index contributed by atoms with van der Waals surface area (Å²) in [4.78, 5) is 17.8. The molecule has 0 saturated carbocycles. The number of hydrogen-bond donors (Lipinski definition) is 2. The molecule has 0 spiro atoms. The van der Waals surface area contributed by atoms with Gasteiger partial charge in [0.2, 0.25) is 0 Å². The van der Waals surface area contributed by atoms with E-state index in [0.717, 1.165) is 54.8 Å². The molecule has 0 aromatic heterocycles. The molecule has 1 saturated heterocycles. The maximum absolute atomic E-state index is 13.0. The van der Waals surface area contributed by atoms with Gasteiger partial charge < -0.3 is 19.7 Å². The number of hydrogen-bond acceptors (Lipinski definition) is 6. The van der Waals surface area contributed by atoms with Crippen LogP contribution in [0.5, 0.6) is 11.5 Å². The number of rotatable bonds is 8. The number of urea groups is 1. The molecule has 0 radical (unpaired) electrons. The molecule has 3 aromatic carbocycles. The Morgan fingerprint density at radius 1 is 0.914 bits per heavy atom. The van der Waals surface area contributed by atoms with Crippen molar-refractivity contribution in [3.8, 4) is 11.5 Å². The van der Waals surface area contributed by atoms with Crippen LogP contribution in [0.15, 0.2) is 71.6 Å². The van der Waals surface area contributed by atoms with Crippen LogP contribution in [-0.4, -0.2) is 51.3 Å². The van der Waals surface area contributed by atoms with E-state index in [1.54, 1.807) is 14.2 Å². The molecule has 0 bridgehead atoms. The first-order chi connectivity index (χ1) is 17.0. The number of piperazine rings is 1. The minimum Gasteiger partial charge on any atom is -0.493 e. The van der Waals surface area contributed by atoms with Crippen LogP contribution in [0.4, 0.5) is 20.6 Å². The molecule has 3 aromatic rings. The molecule has 4 rings (SSSR count). The first-order valence-electron chi connectivity index (χ1n) is 11.3. The molecule has 9 heteroatoms. The minimum absolute atomic E-state index is 0.343. The predicted molar refractivity (Wildman–Crippen MR) is 138 cm³/mol. The van der Waals surface area contributed by atoms with Crippen LogP contribution in [0.3, 0.4) is 0 Å². The van der Waals surface area contributed by atoms with Gasteiger partial charge in [-0.25, -0.2) is 9.18 Å². The number of methoxy groups -OCH3 is 2. The summed E-state index contributed by atoms with van der Waals surface area (Å²) in [5.74, 6) is 1.15. The molecule has 0 atom stereocenters. The fourth-order valence-corrected chi connectivity index (χ4v) is 4.46. The van der Waals surface area contributed by atoms with Crippen LogP contribution in [-0.2, 0) is 6.54 Å². The molecule has 2 amide bonds. The Hall–Kier alpha value is -3.43. The summed E-state index contributed by atoms with van der Waals surface area (Å²) in [6, 6.07) is 19.5. The van der Waals surface area contributed by atoms with Crippen molar-refractivity contribution < 1.29 is 18.7 Å². The monoisotopic (exact) mass is 496 g/mol. The summed E-state index contributed by atoms with van der Waals surface area (Å²) in [7, 11) is 3.30. The van der Waals surface area contributed by atoms with Crippen molar-refractivity contribution >= 4 is 29.4 Å². The van der Waals surface area contributed by atoms with Gasteiger partial charge in [-0.15, -0.1) is 0 Å². The van der Waals surface area contributed by atoms with Crippen LogP contribution in [0.2, 0.25) is 0 Å². The molecule has 0 unspecified atom stereocenters. The van der Waals surface area contributed by atoms with E-state index in [0.29, 0.717) is 5.69 Å². The van der Waals surface area contributed by atoms with E-state index in [2.05, 4.69) is 38.0 Å². The van der Waals surface area contributed by atoms with E-state index in [9.17, 15) is 9.18 Å². The van der Waals surface area contributed by atoms with Crippen LogP contribution in [0.1, 0.15) is 5.56 Å². The Kier molecular flexibility index (Phi) is 8.33. The summed E-state index contributed by atoms with van der Waals surface area (Å²) in [6.07, 6.45) is 0. The first-order valence-corrected chi connectivity index (χ1v) is 12.1. The third kappa shape index (κ3) is 6.80. The zero-order valence-electron chi connectivity index (χ0n) is 19.8. The predicted octanol–water partition coefficient (Wildman–Crippen LogP) is 4.99. The van der Waals surface area contributed by atoms with E-state index >= 15 is 0 Å². The van der Waals surface area contributed by atoms with Gasteiger partial charge in [0, 0.05) is 49.0 Å². The second kappa shape index (κ2) is 11.8. The average molecular weight is 497 g/mol. The normalized spacial score (nSPS) is 13.9. The van der Waals surface area contributed by atoms with Crippen molar-refractivity contribution in [3.63, 3.8) is 0 Å². The maximum atomic E-state index is 13.0. The lowest BCUT2D eigenvalue weighted by atomic mass is 10.1. The highest BCUT2D eigenvalue weighted by Gasteiger charge is 2.18. The Balaban J connectivity index is 1.23. The Labute approximate surface area is 209 Å². The molecule has 1 aliphatic rings. The lowest BCUT2D eigenvalue weighted by molar-refractivity contribution is 0.249. The number of nitrogens with one attached hydrogen (secondary N) is 2. The lowest BCUT2D eigenvalue weighted by Crippen LogP contribution is -2.45. The second-order valence-corrected chi connectivity index (χ2v) is 8.99. The Bertz CT molecular complexity index is 1120. The third-order valence-electron chi connectivity index (χ3n) is 5.79. The average Bonchev–Trinajstić information content (AvgIpc) is 2.89. The SMILES string of the molecule is COc1ccc(CN2CCN(c3ccc(SNC(=O)Nc4ccc(F)cc4)cc3)CC2)cc1OC. The smallest absolute Gasteiger partial charge is 0.329 e. The van der Waals surface area contributed by atoms with Crippen molar-refractivity contribution in [1.82, 2.24) is 9.62 Å². The topological polar surface area (TPSA) is 66.1 Å². The molecule has 2 N–H and O–H groups in total. The van der Waals surface area contributed by atoms with Gasteiger partial charge in [0.1, 0.15) is 5.82 Å². The van der Waals surface area contributed by atoms with E-state index in [1.807, 2.05) is 24.3 Å². The summed E-state index contributed by atoms with van der Waals surface area (Å²) >= 11 is 1.23. The zero-order chi connectivity index (χ0) is 24.6. The molecular formula is C26H29FN4O3S. The third-order valence-corrected chi connectivity index (χ3v) is 6.59. The van der Waals surface area contributed by atoms with Crippen LogP contribution >= 0.6 is 11.9 Å². The molecule has 1 heterocycles. The summed E-state index contributed by atoms with van der Waals surface area (Å²) in [5.41, 5.74) is 2.90. The van der Waals surface area contributed by atoms with Crippen LogP contribution in [0.25, 0.3) is 0 Å². The van der Waals surface area contributed by atoms with Crippen molar-refractivity contribution in [3.05, 3.63) is 78.1 Å². The van der Waals surface area contributed by atoms with E-state index < -0.39 is 0 Å². The number of nitrogens with zero attached hydrogens (tertiary/aromatic N) is 2. The number of carbonyl (C=O) groups excluding carboxylic acids is 1. The largest absolute Gasteiger partial charge is 0.493 e. The quantitative estimate of drug-likeness (QED) is 0.428. The zero-order valence-corrected chi connectivity index (χ0v) is 20.6. The van der Waals surface area contributed by atoms with Crippen molar-refractivity contribution in [2.75, 3.05) is 50.6 Å². The molecular weight excluding hydrogens is 467 g/mol. The standard InChI is InChI=1S/C26H29FN4O3S/c1-33-24-12-3-19(17-25(24)34-2)18-30-13-15-31(16-14-30)22-8-10-23(11-9-22)35-29-26(32)28-21-6-4-20(27)5-7-21/h3-12,17H,13-16,18H2,1-2H3,(H2,28,29,32). The number of anilines is 2. The van der Waals surface area contributed by atoms with E-state index in [-0.39, 0.29) is 11.8 Å². The fraction of sp³-hybridized carbons (Fsp3) is 0.269. The van der Waals surface area contributed by atoms with Gasteiger partial charge >= 0.3 is 6.03 Å². The van der Waals surface area contributed by atoms with Crippen LogP contribution < -0.4 is 24.4 Å². The molecule has 35 heavy (non-hydrogen) atoms. The number of carbonyl (C=O) groups is 1.